The largest absolute Gasteiger partial charge is 0.444 e. The lowest BCUT2D eigenvalue weighted by atomic mass is 10.0. The monoisotopic (exact) mass is 524 g/mol. The molecule has 1 aromatic carbocycles. The molecule has 10 nitrogen and oxygen atoms in total. The number of carbonyl (C=O) groups excluding carboxylic acids is 1. The lowest BCUT2D eigenvalue weighted by Crippen LogP contribution is -2.42. The fraction of sp³-hybridized carbons (Fsp3) is 0.423. The Bertz CT molecular complexity index is 1560. The highest BCUT2D eigenvalue weighted by atomic mass is 32.2. The summed E-state index contributed by atoms with van der Waals surface area (Å²) >= 11 is 0. The third kappa shape index (κ3) is 4.52. The van der Waals surface area contributed by atoms with Crippen LogP contribution in [0.25, 0.3) is 22.1 Å². The number of pyridine rings is 1. The number of amides is 1. The third-order valence-corrected chi connectivity index (χ3v) is 8.17. The number of anilines is 1. The van der Waals surface area contributed by atoms with Crippen molar-refractivity contribution in [2.75, 3.05) is 32.1 Å². The van der Waals surface area contributed by atoms with Crippen molar-refractivity contribution >= 4 is 44.1 Å². The molecule has 0 unspecified atom stereocenters. The fourth-order valence-corrected chi connectivity index (χ4v) is 6.15. The van der Waals surface area contributed by atoms with E-state index < -0.39 is 15.6 Å². The maximum absolute atomic E-state index is 13.4. The molecule has 0 saturated carbocycles. The molecule has 1 fully saturated rings. The first-order chi connectivity index (χ1) is 17.5. The van der Waals surface area contributed by atoms with Gasteiger partial charge in [-0.1, -0.05) is 18.2 Å². The molecular weight excluding hydrogens is 492 g/mol. The van der Waals surface area contributed by atoms with Crippen LogP contribution >= 0.6 is 0 Å². The number of hydrogen-bond acceptors (Lipinski definition) is 7. The number of hydrogen-bond donors (Lipinski definition) is 0. The van der Waals surface area contributed by atoms with Gasteiger partial charge in [0.1, 0.15) is 11.1 Å². The van der Waals surface area contributed by atoms with Crippen LogP contribution in [0, 0.1) is 0 Å². The Labute approximate surface area is 216 Å². The average Bonchev–Trinajstić information content (AvgIpc) is 3.46. The van der Waals surface area contributed by atoms with E-state index in [-0.39, 0.29) is 17.0 Å². The maximum atomic E-state index is 13.4. The molecule has 196 valence electrons. The number of nitrogens with zero attached hydrogens (tertiary/aromatic N) is 6. The van der Waals surface area contributed by atoms with E-state index in [4.69, 9.17) is 9.72 Å². The Hall–Kier alpha value is -3.60. The van der Waals surface area contributed by atoms with E-state index in [1.54, 1.807) is 53.7 Å². The minimum absolute atomic E-state index is 0.0702. The predicted molar refractivity (Wildman–Crippen MR) is 142 cm³/mol. The molecule has 4 aromatic rings. The Morgan fingerprint density at radius 1 is 1.08 bits per heavy atom. The summed E-state index contributed by atoms with van der Waals surface area (Å²) in [6.45, 7) is 6.71. The van der Waals surface area contributed by atoms with Crippen molar-refractivity contribution in [3.8, 4) is 0 Å². The van der Waals surface area contributed by atoms with Gasteiger partial charge in [-0.05, 0) is 51.8 Å². The Morgan fingerprint density at radius 2 is 1.76 bits per heavy atom. The Kier molecular flexibility index (Phi) is 6.13. The van der Waals surface area contributed by atoms with Crippen LogP contribution in [0.15, 0.2) is 53.7 Å². The second-order valence-electron chi connectivity index (χ2n) is 10.5. The third-order valence-electron chi connectivity index (χ3n) is 6.49. The van der Waals surface area contributed by atoms with Gasteiger partial charge in [-0.25, -0.2) is 27.2 Å². The van der Waals surface area contributed by atoms with E-state index >= 15 is 0 Å². The summed E-state index contributed by atoms with van der Waals surface area (Å²) in [5, 5.41) is 0.715. The van der Waals surface area contributed by atoms with Gasteiger partial charge in [-0.2, -0.15) is 0 Å². The summed E-state index contributed by atoms with van der Waals surface area (Å²) < 4.78 is 35.7. The summed E-state index contributed by atoms with van der Waals surface area (Å²) in [6.07, 6.45) is 4.33. The number of benzene rings is 1. The van der Waals surface area contributed by atoms with E-state index in [2.05, 4.69) is 9.55 Å². The summed E-state index contributed by atoms with van der Waals surface area (Å²) in [4.78, 5) is 25.8. The standard InChI is InChI=1S/C26H32N6O4S/c1-26(2,3)36-25(33)30-14-11-18(12-15-30)32-22-20-13-16-31(37(34,35)19-9-7-6-8-10-19)23(20)27-17-21(22)28-24(32)29(4)5/h6-10,13,16-18H,11-12,14-15H2,1-5H3. The smallest absolute Gasteiger partial charge is 0.410 e. The molecule has 37 heavy (non-hydrogen) atoms. The molecule has 0 spiro atoms. The van der Waals surface area contributed by atoms with Crippen LogP contribution in [0.5, 0.6) is 0 Å². The molecule has 1 saturated heterocycles. The van der Waals surface area contributed by atoms with Gasteiger partial charge in [-0.15, -0.1) is 0 Å². The lowest BCUT2D eigenvalue weighted by Gasteiger charge is -2.35. The molecule has 0 bridgehead atoms. The maximum Gasteiger partial charge on any atom is 0.410 e. The van der Waals surface area contributed by atoms with E-state index in [0.29, 0.717) is 29.6 Å². The summed E-state index contributed by atoms with van der Waals surface area (Å²) in [5.41, 5.74) is 1.35. The zero-order chi connectivity index (χ0) is 26.5. The van der Waals surface area contributed by atoms with Crippen molar-refractivity contribution in [3.63, 3.8) is 0 Å². The van der Waals surface area contributed by atoms with Crippen LogP contribution in [0.1, 0.15) is 39.7 Å². The molecule has 3 aromatic heterocycles. The quantitative estimate of drug-likeness (QED) is 0.393. The summed E-state index contributed by atoms with van der Waals surface area (Å²) in [6, 6.07) is 10.2. The molecule has 0 atom stereocenters. The first kappa shape index (κ1) is 25.1. The SMILES string of the molecule is CN(C)c1nc2cnc3c(ccn3S(=O)(=O)c3ccccc3)c2n1C1CCN(C(=O)OC(C)(C)C)CC1. The van der Waals surface area contributed by atoms with Gasteiger partial charge >= 0.3 is 6.09 Å². The summed E-state index contributed by atoms with van der Waals surface area (Å²) in [7, 11) is 0.0535. The Morgan fingerprint density at radius 3 is 2.38 bits per heavy atom. The lowest BCUT2D eigenvalue weighted by molar-refractivity contribution is 0.0190. The highest BCUT2D eigenvalue weighted by molar-refractivity contribution is 7.90. The molecule has 1 aliphatic rings. The summed E-state index contributed by atoms with van der Waals surface area (Å²) in [5.74, 6) is 0.763. The van der Waals surface area contributed by atoms with Crippen molar-refractivity contribution < 1.29 is 17.9 Å². The minimum atomic E-state index is -3.81. The van der Waals surface area contributed by atoms with E-state index in [0.717, 1.165) is 24.3 Å². The van der Waals surface area contributed by atoms with Crippen LogP contribution in [-0.2, 0) is 14.8 Å². The van der Waals surface area contributed by atoms with Gasteiger partial charge < -0.3 is 19.1 Å². The van der Waals surface area contributed by atoms with Gasteiger partial charge in [0.25, 0.3) is 10.0 Å². The van der Waals surface area contributed by atoms with Crippen molar-refractivity contribution in [2.24, 2.45) is 0 Å². The number of carbonyl (C=O) groups is 1. The number of aromatic nitrogens is 4. The number of imidazole rings is 1. The Balaban J connectivity index is 1.56. The van der Waals surface area contributed by atoms with Crippen molar-refractivity contribution in [2.45, 2.75) is 50.2 Å². The fourth-order valence-electron chi connectivity index (χ4n) is 4.83. The van der Waals surface area contributed by atoms with Crippen molar-refractivity contribution in [3.05, 3.63) is 48.8 Å². The molecule has 4 heterocycles. The van der Waals surface area contributed by atoms with Gasteiger partial charge in [-0.3, -0.25) is 0 Å². The number of piperidine rings is 1. The molecule has 1 aliphatic heterocycles. The van der Waals surface area contributed by atoms with E-state index in [1.807, 2.05) is 39.8 Å². The second kappa shape index (κ2) is 9.05. The highest BCUT2D eigenvalue weighted by Gasteiger charge is 2.31. The van der Waals surface area contributed by atoms with Gasteiger partial charge in [0.2, 0.25) is 5.95 Å². The highest BCUT2D eigenvalue weighted by Crippen LogP contribution is 2.36. The average molecular weight is 525 g/mol. The molecule has 5 rings (SSSR count). The first-order valence-electron chi connectivity index (χ1n) is 12.3. The number of rotatable bonds is 4. The zero-order valence-corrected chi connectivity index (χ0v) is 22.6. The number of likely N-dealkylation sites (tertiary alicyclic amines) is 1. The van der Waals surface area contributed by atoms with Crippen LogP contribution in [0.4, 0.5) is 10.7 Å². The molecular formula is C26H32N6O4S. The first-order valence-corrected chi connectivity index (χ1v) is 13.8. The zero-order valence-electron chi connectivity index (χ0n) is 21.7. The topological polar surface area (TPSA) is 103 Å². The molecule has 0 radical (unpaired) electrons. The van der Waals surface area contributed by atoms with Gasteiger partial charge in [0.05, 0.1) is 16.6 Å². The van der Waals surface area contributed by atoms with E-state index in [9.17, 15) is 13.2 Å². The minimum Gasteiger partial charge on any atom is -0.444 e. The molecule has 11 heteroatoms. The van der Waals surface area contributed by atoms with Crippen LogP contribution in [0.3, 0.4) is 0 Å². The number of ether oxygens (including phenoxy) is 1. The van der Waals surface area contributed by atoms with Crippen LogP contribution in [0.2, 0.25) is 0 Å². The van der Waals surface area contributed by atoms with Crippen molar-refractivity contribution in [1.29, 1.82) is 0 Å². The molecule has 0 N–H and O–H groups in total. The molecule has 0 aliphatic carbocycles. The van der Waals surface area contributed by atoms with Crippen LogP contribution in [-0.4, -0.2) is 70.7 Å². The van der Waals surface area contributed by atoms with Gasteiger partial charge in [0.15, 0.2) is 5.65 Å². The normalized spacial score (nSPS) is 15.4. The van der Waals surface area contributed by atoms with Gasteiger partial charge in [0, 0.05) is 44.8 Å². The van der Waals surface area contributed by atoms with E-state index in [1.165, 1.54) is 3.97 Å². The second-order valence-corrected chi connectivity index (χ2v) is 12.3. The molecule has 1 amide bonds. The predicted octanol–water partition coefficient (Wildman–Crippen LogP) is 4.26. The van der Waals surface area contributed by atoms with Crippen LogP contribution < -0.4 is 4.90 Å². The van der Waals surface area contributed by atoms with Crippen molar-refractivity contribution in [1.82, 2.24) is 23.4 Å². The number of fused-ring (bicyclic) bond motifs is 3.